The molecule has 2 N–H and O–H groups in total. The maximum Gasteiger partial charge on any atom is 0.328 e. The molecular weight excluding hydrogens is 487 g/mol. The number of benzene rings is 2. The minimum atomic E-state index is -1.15. The Bertz CT molecular complexity index is 1390. The molecule has 1 aromatic heterocycles. The van der Waals surface area contributed by atoms with Gasteiger partial charge in [0.1, 0.15) is 23.1 Å². The highest BCUT2D eigenvalue weighted by atomic mass is 35.5. The molecule has 0 radical (unpaired) electrons. The van der Waals surface area contributed by atoms with Crippen LogP contribution in [0.25, 0.3) is 10.9 Å². The number of nitrogens with zero attached hydrogens (tertiary/aromatic N) is 3. The summed E-state index contributed by atoms with van der Waals surface area (Å²) in [7, 11) is 0. The molecule has 188 valence electrons. The molecule has 2 atom stereocenters. The number of aromatic amines is 1. The molecule has 10 heteroatoms. The fourth-order valence-corrected chi connectivity index (χ4v) is 5.98. The van der Waals surface area contributed by atoms with Crippen molar-refractivity contribution in [3.63, 3.8) is 0 Å². The number of hydrogen-bond acceptors (Lipinski definition) is 5. The fourth-order valence-electron chi connectivity index (χ4n) is 5.81. The van der Waals surface area contributed by atoms with Gasteiger partial charge in [-0.3, -0.25) is 19.5 Å². The highest BCUT2D eigenvalue weighted by Gasteiger charge is 2.60. The van der Waals surface area contributed by atoms with E-state index in [4.69, 9.17) is 16.3 Å². The van der Waals surface area contributed by atoms with Gasteiger partial charge in [0, 0.05) is 49.2 Å². The molecule has 6 rings (SSSR count). The summed E-state index contributed by atoms with van der Waals surface area (Å²) >= 11 is 6.12. The number of ether oxygens (including phenoxy) is 1. The number of rotatable bonds is 4. The molecule has 0 aliphatic carbocycles. The van der Waals surface area contributed by atoms with Gasteiger partial charge in [0.25, 0.3) is 5.91 Å². The minimum absolute atomic E-state index is 0.00764. The second-order valence-electron chi connectivity index (χ2n) is 9.84. The third-order valence-electron chi connectivity index (χ3n) is 7.64. The van der Waals surface area contributed by atoms with Crippen molar-refractivity contribution in [2.24, 2.45) is 0 Å². The number of phenols is 1. The SMILES string of the molecule is C[C@@]12Cc3c([nH]c4cc(F)c(Cl)cc34)[C@@H](c3cccc(O)c3)N1C(=O)N(CCN1CCOCC1)C2=O. The standard InChI is InChI=1S/C26H26ClFN4O4/c1-26-14-18-17-12-19(27)20(28)13-21(17)29-22(18)23(15-3-2-4-16(33)11-15)32(26)25(35)31(24(26)34)6-5-30-7-9-36-10-8-30/h2-4,11-13,23,29,33H,5-10,14H2,1H3/t23-,26+/m1/s1. The average Bonchev–Trinajstić information content (AvgIpc) is 3.28. The molecular formula is C26H26ClFN4O4. The normalized spacial score (nSPS) is 24.5. The van der Waals surface area contributed by atoms with E-state index in [-0.39, 0.29) is 35.7 Å². The lowest BCUT2D eigenvalue weighted by atomic mass is 9.81. The van der Waals surface area contributed by atoms with Crippen molar-refractivity contribution < 1.29 is 23.8 Å². The summed E-state index contributed by atoms with van der Waals surface area (Å²) in [6.07, 6.45) is 0.262. The second-order valence-corrected chi connectivity index (χ2v) is 10.2. The average molecular weight is 513 g/mol. The Morgan fingerprint density at radius 1 is 1.19 bits per heavy atom. The number of morpholine rings is 1. The first-order valence-electron chi connectivity index (χ1n) is 12.0. The number of urea groups is 1. The number of fused-ring (bicyclic) bond motifs is 4. The lowest BCUT2D eigenvalue weighted by molar-refractivity contribution is -0.133. The second kappa shape index (κ2) is 8.47. The molecule has 36 heavy (non-hydrogen) atoms. The summed E-state index contributed by atoms with van der Waals surface area (Å²) in [5.74, 6) is -0.766. The van der Waals surface area contributed by atoms with Crippen LogP contribution in [0.2, 0.25) is 5.02 Å². The highest BCUT2D eigenvalue weighted by Crippen LogP contribution is 2.49. The quantitative estimate of drug-likeness (QED) is 0.521. The maximum atomic E-state index is 14.3. The smallest absolute Gasteiger partial charge is 0.328 e. The molecule has 8 nitrogen and oxygen atoms in total. The molecule has 3 aliphatic heterocycles. The van der Waals surface area contributed by atoms with Crippen LogP contribution in [0.3, 0.4) is 0 Å². The molecule has 0 saturated carbocycles. The van der Waals surface area contributed by atoms with Crippen LogP contribution in [0, 0.1) is 5.82 Å². The lowest BCUT2D eigenvalue weighted by Gasteiger charge is -2.42. The number of carbonyl (C=O) groups excluding carboxylic acids is 2. The zero-order chi connectivity index (χ0) is 25.2. The van der Waals surface area contributed by atoms with Gasteiger partial charge in [0.2, 0.25) is 0 Å². The predicted octanol–water partition coefficient (Wildman–Crippen LogP) is 3.67. The molecule has 0 unspecified atom stereocenters. The molecule has 0 spiro atoms. The van der Waals surface area contributed by atoms with Crippen molar-refractivity contribution >= 4 is 34.4 Å². The van der Waals surface area contributed by atoms with Crippen molar-refractivity contribution in [3.8, 4) is 5.75 Å². The van der Waals surface area contributed by atoms with E-state index in [0.717, 1.165) is 24.0 Å². The van der Waals surface area contributed by atoms with Gasteiger partial charge in [-0.15, -0.1) is 0 Å². The van der Waals surface area contributed by atoms with Crippen molar-refractivity contribution in [2.45, 2.75) is 24.9 Å². The van der Waals surface area contributed by atoms with Gasteiger partial charge in [0.15, 0.2) is 0 Å². The van der Waals surface area contributed by atoms with Gasteiger partial charge in [-0.2, -0.15) is 0 Å². The Balaban J connectivity index is 1.46. The summed E-state index contributed by atoms with van der Waals surface area (Å²) < 4.78 is 19.7. The number of imide groups is 1. The first kappa shape index (κ1) is 23.3. The third kappa shape index (κ3) is 3.48. The Labute approximate surface area is 212 Å². The van der Waals surface area contributed by atoms with E-state index in [0.29, 0.717) is 36.5 Å². The number of aromatic hydroxyl groups is 1. The van der Waals surface area contributed by atoms with E-state index in [1.165, 1.54) is 11.0 Å². The summed E-state index contributed by atoms with van der Waals surface area (Å²) in [4.78, 5) is 36.1. The minimum Gasteiger partial charge on any atom is -0.508 e. The molecule has 2 aromatic carbocycles. The molecule has 2 saturated heterocycles. The van der Waals surface area contributed by atoms with Crippen LogP contribution in [0.15, 0.2) is 36.4 Å². The van der Waals surface area contributed by atoms with Crippen LogP contribution < -0.4 is 0 Å². The van der Waals surface area contributed by atoms with Gasteiger partial charge in [-0.05, 0) is 42.3 Å². The van der Waals surface area contributed by atoms with Crippen molar-refractivity contribution in [3.05, 3.63) is 64.1 Å². The van der Waals surface area contributed by atoms with Gasteiger partial charge in [-0.1, -0.05) is 23.7 Å². The van der Waals surface area contributed by atoms with Gasteiger partial charge in [-0.25, -0.2) is 9.18 Å². The van der Waals surface area contributed by atoms with E-state index in [1.807, 2.05) is 6.07 Å². The van der Waals surface area contributed by atoms with Crippen molar-refractivity contribution in [1.29, 1.82) is 0 Å². The van der Waals surface area contributed by atoms with Crippen LogP contribution in [0.5, 0.6) is 5.75 Å². The largest absolute Gasteiger partial charge is 0.508 e. The third-order valence-corrected chi connectivity index (χ3v) is 7.93. The first-order valence-corrected chi connectivity index (χ1v) is 12.4. The molecule has 3 aromatic rings. The summed E-state index contributed by atoms with van der Waals surface area (Å²) in [6.45, 7) is 5.43. The number of H-pyrrole nitrogens is 1. The number of carbonyl (C=O) groups is 2. The van der Waals surface area contributed by atoms with Gasteiger partial charge >= 0.3 is 6.03 Å². The van der Waals surface area contributed by atoms with Gasteiger partial charge < -0.3 is 14.8 Å². The zero-order valence-corrected chi connectivity index (χ0v) is 20.5. The number of hydrogen-bond donors (Lipinski definition) is 2. The zero-order valence-electron chi connectivity index (χ0n) is 19.8. The molecule has 3 aliphatic rings. The maximum absolute atomic E-state index is 14.3. The fraction of sp³-hybridized carbons (Fsp3) is 0.385. The van der Waals surface area contributed by atoms with Gasteiger partial charge in [0.05, 0.1) is 18.2 Å². The topological polar surface area (TPSA) is 89.1 Å². The molecule has 2 fully saturated rings. The number of amides is 3. The molecule has 3 amide bonds. The molecule has 0 bridgehead atoms. The molecule has 4 heterocycles. The summed E-state index contributed by atoms with van der Waals surface area (Å²) in [5, 5.41) is 10.9. The number of phenolic OH excluding ortho intramolecular Hbond substituents is 1. The van der Waals surface area contributed by atoms with E-state index in [9.17, 15) is 19.1 Å². The Hall–Kier alpha value is -3.14. The van der Waals surface area contributed by atoms with E-state index < -0.39 is 17.4 Å². The Morgan fingerprint density at radius 2 is 1.97 bits per heavy atom. The number of halogens is 2. The first-order chi connectivity index (χ1) is 17.3. The van der Waals surface area contributed by atoms with E-state index >= 15 is 0 Å². The van der Waals surface area contributed by atoms with Crippen LogP contribution in [0.1, 0.15) is 29.8 Å². The summed E-state index contributed by atoms with van der Waals surface area (Å²) in [6, 6.07) is 8.51. The number of nitrogens with one attached hydrogen (secondary N) is 1. The number of aromatic nitrogens is 1. The Kier molecular flexibility index (Phi) is 5.47. The van der Waals surface area contributed by atoms with Crippen LogP contribution in [0.4, 0.5) is 9.18 Å². The van der Waals surface area contributed by atoms with Crippen molar-refractivity contribution in [2.75, 3.05) is 39.4 Å². The summed E-state index contributed by atoms with van der Waals surface area (Å²) in [5.41, 5.74) is 1.54. The monoisotopic (exact) mass is 512 g/mol. The van der Waals surface area contributed by atoms with Crippen LogP contribution in [-0.4, -0.2) is 81.7 Å². The predicted molar refractivity (Wildman–Crippen MR) is 132 cm³/mol. The Morgan fingerprint density at radius 3 is 2.72 bits per heavy atom. The van der Waals surface area contributed by atoms with Crippen LogP contribution in [-0.2, 0) is 16.0 Å². The van der Waals surface area contributed by atoms with E-state index in [1.54, 1.807) is 36.1 Å². The lowest BCUT2D eigenvalue weighted by Crippen LogP contribution is -2.53. The van der Waals surface area contributed by atoms with E-state index in [2.05, 4.69) is 9.88 Å². The van der Waals surface area contributed by atoms with Crippen molar-refractivity contribution in [1.82, 2.24) is 19.7 Å². The highest BCUT2D eigenvalue weighted by molar-refractivity contribution is 6.31. The van der Waals surface area contributed by atoms with Crippen LogP contribution >= 0.6 is 11.6 Å².